The van der Waals surface area contributed by atoms with E-state index in [1.165, 1.54) is 5.56 Å². The average molecular weight is 313 g/mol. The third-order valence-corrected chi connectivity index (χ3v) is 1.50. The Morgan fingerprint density at radius 2 is 1.54 bits per heavy atom. The van der Waals surface area contributed by atoms with E-state index in [1.807, 2.05) is 0 Å². The standard InChI is InChI=1S/C10H16N.ClI/c1-11(2,3)9-10-7-5-4-6-8-10;1-2/h4-8H,9H2,1-3H3;/q+1;. The molecule has 0 aliphatic rings. The first-order valence-corrected chi connectivity index (χ1v) is 6.80. The SMILES string of the molecule is C[N+](C)(C)Cc1ccccc1.ClI. The van der Waals surface area contributed by atoms with Gasteiger partial charge < -0.3 is 4.48 Å². The number of nitrogens with zero attached hydrogens (tertiary/aromatic N) is 1. The lowest BCUT2D eigenvalue weighted by Crippen LogP contribution is -2.33. The van der Waals surface area contributed by atoms with E-state index in [4.69, 9.17) is 0 Å². The van der Waals surface area contributed by atoms with Crippen molar-refractivity contribution in [3.05, 3.63) is 35.9 Å². The molecule has 0 atom stereocenters. The largest absolute Gasteiger partial charge is 0.327 e. The van der Waals surface area contributed by atoms with Crippen LogP contribution in [0, 0.1) is 0 Å². The molecule has 0 amide bonds. The zero-order chi connectivity index (χ0) is 10.3. The lowest BCUT2D eigenvalue weighted by atomic mass is 10.2. The molecule has 0 bridgehead atoms. The lowest BCUT2D eigenvalue weighted by Gasteiger charge is -2.23. The molecule has 0 aromatic heterocycles. The molecule has 0 aliphatic heterocycles. The van der Waals surface area contributed by atoms with Gasteiger partial charge in [0.2, 0.25) is 0 Å². The molecule has 1 aromatic carbocycles. The van der Waals surface area contributed by atoms with E-state index in [9.17, 15) is 0 Å². The Bertz CT molecular complexity index is 218. The van der Waals surface area contributed by atoms with Crippen molar-refractivity contribution < 1.29 is 4.48 Å². The van der Waals surface area contributed by atoms with Crippen LogP contribution in [0.4, 0.5) is 0 Å². The van der Waals surface area contributed by atoms with Crippen LogP contribution >= 0.6 is 30.4 Å². The molecule has 74 valence electrons. The molecule has 0 radical (unpaired) electrons. The monoisotopic (exact) mass is 312 g/mol. The van der Waals surface area contributed by atoms with Crippen molar-refractivity contribution in [2.24, 2.45) is 0 Å². The second-order valence-corrected chi connectivity index (χ2v) is 3.93. The molecule has 0 N–H and O–H groups in total. The molecular weight excluding hydrogens is 296 g/mol. The summed E-state index contributed by atoms with van der Waals surface area (Å²) >= 11 is 1.62. The molecule has 0 fully saturated rings. The summed E-state index contributed by atoms with van der Waals surface area (Å²) in [5.41, 5.74) is 1.40. The van der Waals surface area contributed by atoms with E-state index in [0.717, 1.165) is 11.0 Å². The molecule has 1 rings (SSSR count). The van der Waals surface area contributed by atoms with Crippen LogP contribution in [0.5, 0.6) is 0 Å². The highest BCUT2D eigenvalue weighted by Gasteiger charge is 2.06. The number of hydrogen-bond acceptors (Lipinski definition) is 0. The number of quaternary nitrogens is 1. The maximum absolute atomic E-state index is 4.61. The first-order valence-electron chi connectivity index (χ1n) is 4.06. The predicted octanol–water partition coefficient (Wildman–Crippen LogP) is 3.47. The number of rotatable bonds is 2. The number of benzene rings is 1. The van der Waals surface area contributed by atoms with Gasteiger partial charge in [-0.25, -0.2) is 0 Å². The van der Waals surface area contributed by atoms with Gasteiger partial charge in [0.15, 0.2) is 0 Å². The van der Waals surface area contributed by atoms with Crippen LogP contribution in [0.15, 0.2) is 30.3 Å². The fourth-order valence-corrected chi connectivity index (χ4v) is 1.13. The summed E-state index contributed by atoms with van der Waals surface area (Å²) in [7, 11) is 11.2. The van der Waals surface area contributed by atoms with Crippen LogP contribution in [0.3, 0.4) is 0 Å². The Kier molecular flexibility index (Phi) is 6.73. The third kappa shape index (κ3) is 7.28. The van der Waals surface area contributed by atoms with Crippen molar-refractivity contribution in [2.45, 2.75) is 6.54 Å². The molecule has 0 heterocycles. The first-order chi connectivity index (χ1) is 6.08. The summed E-state index contributed by atoms with van der Waals surface area (Å²) in [6, 6.07) is 10.6. The van der Waals surface area contributed by atoms with Gasteiger partial charge in [-0.05, 0) is 8.91 Å². The Morgan fingerprint density at radius 3 is 1.92 bits per heavy atom. The van der Waals surface area contributed by atoms with Crippen LogP contribution in [0.2, 0.25) is 0 Å². The van der Waals surface area contributed by atoms with Crippen molar-refractivity contribution >= 4 is 30.4 Å². The van der Waals surface area contributed by atoms with E-state index in [0.29, 0.717) is 0 Å². The summed E-state index contributed by atoms with van der Waals surface area (Å²) in [4.78, 5) is 0. The number of halogens is 2. The van der Waals surface area contributed by atoms with Gasteiger partial charge in [-0.2, -0.15) is 0 Å². The summed E-state index contributed by atoms with van der Waals surface area (Å²) in [6.45, 7) is 1.10. The van der Waals surface area contributed by atoms with Crippen LogP contribution in [0.1, 0.15) is 5.56 Å². The van der Waals surface area contributed by atoms with Crippen molar-refractivity contribution in [1.29, 1.82) is 0 Å². The third-order valence-electron chi connectivity index (χ3n) is 1.50. The molecule has 13 heavy (non-hydrogen) atoms. The highest BCUT2D eigenvalue weighted by Crippen LogP contribution is 2.05. The predicted molar refractivity (Wildman–Crippen MR) is 68.1 cm³/mol. The average Bonchev–Trinajstić information content (AvgIpc) is 2.07. The van der Waals surface area contributed by atoms with Crippen LogP contribution in [0.25, 0.3) is 0 Å². The Hall–Kier alpha value is 0.200. The molecule has 0 aliphatic carbocycles. The summed E-state index contributed by atoms with van der Waals surface area (Å²) in [5, 5.41) is 0. The van der Waals surface area contributed by atoms with Gasteiger partial charge in [-0.1, -0.05) is 30.3 Å². The van der Waals surface area contributed by atoms with Crippen LogP contribution in [-0.2, 0) is 6.54 Å². The van der Waals surface area contributed by atoms with Gasteiger partial charge in [0.25, 0.3) is 0 Å². The topological polar surface area (TPSA) is 0 Å². The van der Waals surface area contributed by atoms with E-state index in [-0.39, 0.29) is 0 Å². The van der Waals surface area contributed by atoms with Crippen molar-refractivity contribution in [3.63, 3.8) is 0 Å². The van der Waals surface area contributed by atoms with Crippen LogP contribution < -0.4 is 0 Å². The maximum atomic E-state index is 4.61. The minimum atomic E-state index is 0.990. The van der Waals surface area contributed by atoms with Gasteiger partial charge in [0.1, 0.15) is 6.54 Å². The highest BCUT2D eigenvalue weighted by molar-refractivity contribution is 14.1. The quantitative estimate of drug-likeness (QED) is 0.579. The Labute approximate surface area is 98.1 Å². The van der Waals surface area contributed by atoms with E-state index in [2.05, 4.69) is 60.4 Å². The molecule has 0 unspecified atom stereocenters. The Morgan fingerprint density at radius 1 is 1.08 bits per heavy atom. The van der Waals surface area contributed by atoms with E-state index < -0.39 is 0 Å². The molecule has 3 heteroatoms. The summed E-state index contributed by atoms with van der Waals surface area (Å²) in [5.74, 6) is 0. The van der Waals surface area contributed by atoms with Gasteiger partial charge in [0, 0.05) is 27.0 Å². The van der Waals surface area contributed by atoms with E-state index >= 15 is 0 Å². The second kappa shape index (κ2) is 6.62. The Balaban J connectivity index is 0.000000671. The minimum absolute atomic E-state index is 0.990. The number of hydrogen-bond donors (Lipinski definition) is 0. The zero-order valence-corrected chi connectivity index (χ0v) is 11.2. The fourth-order valence-electron chi connectivity index (χ4n) is 1.13. The second-order valence-electron chi connectivity index (χ2n) is 3.93. The van der Waals surface area contributed by atoms with E-state index in [1.54, 1.807) is 21.5 Å². The lowest BCUT2D eigenvalue weighted by molar-refractivity contribution is -0.884. The molecule has 1 nitrogen and oxygen atoms in total. The van der Waals surface area contributed by atoms with Gasteiger partial charge in [-0.3, -0.25) is 0 Å². The first kappa shape index (κ1) is 13.2. The molecule has 0 saturated carbocycles. The minimum Gasteiger partial charge on any atom is -0.327 e. The smallest absolute Gasteiger partial charge is 0.104 e. The van der Waals surface area contributed by atoms with Gasteiger partial charge in [0.05, 0.1) is 21.1 Å². The molecule has 0 spiro atoms. The van der Waals surface area contributed by atoms with Gasteiger partial charge in [-0.15, -0.1) is 0 Å². The van der Waals surface area contributed by atoms with Crippen LogP contribution in [-0.4, -0.2) is 25.6 Å². The molecule has 0 saturated heterocycles. The van der Waals surface area contributed by atoms with Crippen molar-refractivity contribution in [2.75, 3.05) is 21.1 Å². The maximum Gasteiger partial charge on any atom is 0.104 e. The molecular formula is C10H16ClIN+. The zero-order valence-electron chi connectivity index (χ0n) is 8.30. The normalized spacial score (nSPS) is 10.2. The fraction of sp³-hybridized carbons (Fsp3) is 0.400. The summed E-state index contributed by atoms with van der Waals surface area (Å²) < 4.78 is 0.990. The van der Waals surface area contributed by atoms with Gasteiger partial charge >= 0.3 is 0 Å². The van der Waals surface area contributed by atoms with Crippen molar-refractivity contribution in [1.82, 2.24) is 0 Å². The van der Waals surface area contributed by atoms with Crippen molar-refractivity contribution in [3.8, 4) is 0 Å². The summed E-state index contributed by atoms with van der Waals surface area (Å²) in [6.07, 6.45) is 0. The highest BCUT2D eigenvalue weighted by atomic mass is 127. The molecule has 1 aromatic rings.